The zero-order valence-electron chi connectivity index (χ0n) is 8.97. The highest BCUT2D eigenvalue weighted by atomic mass is 16.2. The number of carbonyl (C=O) groups is 1. The molecule has 0 saturated heterocycles. The number of anilines is 1. The molecule has 1 aliphatic heterocycles. The van der Waals surface area contributed by atoms with Crippen LogP contribution in [0.4, 0.5) is 5.69 Å². The number of amides is 1. The highest BCUT2D eigenvalue weighted by molar-refractivity contribution is 6.12. The minimum Gasteiger partial charge on any atom is -0.272 e. The minimum atomic E-state index is -0.0352. The first-order valence-corrected chi connectivity index (χ1v) is 5.14. The van der Waals surface area contributed by atoms with Crippen molar-refractivity contribution in [3.05, 3.63) is 29.8 Å². The van der Waals surface area contributed by atoms with Crippen LogP contribution in [0.1, 0.15) is 25.3 Å². The molecule has 0 atom stereocenters. The number of nitrogens with zero attached hydrogens (tertiary/aromatic N) is 3. The van der Waals surface area contributed by atoms with E-state index in [0.717, 1.165) is 12.1 Å². The molecule has 4 nitrogen and oxygen atoms in total. The van der Waals surface area contributed by atoms with Crippen LogP contribution < -0.4 is 5.01 Å². The van der Waals surface area contributed by atoms with Crippen molar-refractivity contribution in [2.24, 2.45) is 5.10 Å². The normalized spacial score (nSPS) is 14.9. The molecule has 1 aromatic carbocycles. The highest BCUT2D eigenvalue weighted by Gasteiger charge is 2.23. The summed E-state index contributed by atoms with van der Waals surface area (Å²) in [6.45, 7) is 1.97. The van der Waals surface area contributed by atoms with Crippen molar-refractivity contribution in [3.63, 3.8) is 0 Å². The fraction of sp³-hybridized carbons (Fsp3) is 0.250. The number of hydrogen-bond donors (Lipinski definition) is 0. The molecule has 0 fully saturated rings. The molecule has 1 heterocycles. The first-order valence-electron chi connectivity index (χ1n) is 5.14. The van der Waals surface area contributed by atoms with Gasteiger partial charge in [0.1, 0.15) is 0 Å². The SMILES string of the molecule is CCC1=NN(c2cccc(C#N)c2)C(=O)C1. The Morgan fingerprint density at radius 2 is 2.38 bits per heavy atom. The van der Waals surface area contributed by atoms with Crippen molar-refractivity contribution < 1.29 is 4.79 Å². The zero-order valence-corrected chi connectivity index (χ0v) is 8.97. The second kappa shape index (κ2) is 4.15. The van der Waals surface area contributed by atoms with Gasteiger partial charge >= 0.3 is 0 Å². The third kappa shape index (κ3) is 1.80. The summed E-state index contributed by atoms with van der Waals surface area (Å²) in [6.07, 6.45) is 1.16. The molecule has 16 heavy (non-hydrogen) atoms. The van der Waals surface area contributed by atoms with Gasteiger partial charge in [-0.3, -0.25) is 4.79 Å². The molecule has 80 valence electrons. The van der Waals surface area contributed by atoms with Gasteiger partial charge in [-0.1, -0.05) is 13.0 Å². The number of nitriles is 1. The van der Waals surface area contributed by atoms with Crippen LogP contribution in [0.15, 0.2) is 29.4 Å². The van der Waals surface area contributed by atoms with E-state index < -0.39 is 0 Å². The van der Waals surface area contributed by atoms with Gasteiger partial charge < -0.3 is 0 Å². The molecule has 2 rings (SSSR count). The Morgan fingerprint density at radius 1 is 1.56 bits per heavy atom. The van der Waals surface area contributed by atoms with Gasteiger partial charge in [0.15, 0.2) is 0 Å². The van der Waals surface area contributed by atoms with E-state index in [0.29, 0.717) is 17.7 Å². The average Bonchev–Trinajstić information content (AvgIpc) is 2.71. The molecule has 0 unspecified atom stereocenters. The predicted molar refractivity (Wildman–Crippen MR) is 61.0 cm³/mol. The van der Waals surface area contributed by atoms with Gasteiger partial charge in [0, 0.05) is 5.71 Å². The maximum absolute atomic E-state index is 11.7. The third-order valence-corrected chi connectivity index (χ3v) is 2.46. The fourth-order valence-corrected chi connectivity index (χ4v) is 1.59. The van der Waals surface area contributed by atoms with Crippen molar-refractivity contribution in [3.8, 4) is 6.07 Å². The van der Waals surface area contributed by atoms with Crippen LogP contribution in [-0.4, -0.2) is 11.6 Å². The van der Waals surface area contributed by atoms with E-state index in [1.807, 2.05) is 13.0 Å². The second-order valence-corrected chi connectivity index (χ2v) is 3.56. The van der Waals surface area contributed by atoms with E-state index in [-0.39, 0.29) is 5.91 Å². The Morgan fingerprint density at radius 3 is 3.00 bits per heavy atom. The summed E-state index contributed by atoms with van der Waals surface area (Å²) in [7, 11) is 0. The van der Waals surface area contributed by atoms with Crippen molar-refractivity contribution in [2.75, 3.05) is 5.01 Å². The second-order valence-electron chi connectivity index (χ2n) is 3.56. The Hall–Kier alpha value is -2.15. The van der Waals surface area contributed by atoms with Gasteiger partial charge in [0.25, 0.3) is 5.91 Å². The lowest BCUT2D eigenvalue weighted by Crippen LogP contribution is -2.19. The van der Waals surface area contributed by atoms with Crippen LogP contribution >= 0.6 is 0 Å². The number of benzene rings is 1. The lowest BCUT2D eigenvalue weighted by Gasteiger charge is -2.11. The number of rotatable bonds is 2. The molecule has 0 spiro atoms. The number of hydrazone groups is 1. The maximum atomic E-state index is 11.7. The summed E-state index contributed by atoms with van der Waals surface area (Å²) >= 11 is 0. The molecule has 0 N–H and O–H groups in total. The average molecular weight is 213 g/mol. The first-order chi connectivity index (χ1) is 7.74. The van der Waals surface area contributed by atoms with E-state index in [9.17, 15) is 4.79 Å². The highest BCUT2D eigenvalue weighted by Crippen LogP contribution is 2.22. The van der Waals surface area contributed by atoms with Crippen LogP contribution in [-0.2, 0) is 4.79 Å². The lowest BCUT2D eigenvalue weighted by molar-refractivity contribution is -0.116. The molecular formula is C12H11N3O. The van der Waals surface area contributed by atoms with Crippen molar-refractivity contribution >= 4 is 17.3 Å². The van der Waals surface area contributed by atoms with Crippen LogP contribution in [0.25, 0.3) is 0 Å². The van der Waals surface area contributed by atoms with E-state index >= 15 is 0 Å². The Kier molecular flexibility index (Phi) is 2.69. The Balaban J connectivity index is 2.34. The topological polar surface area (TPSA) is 56.5 Å². The molecule has 0 radical (unpaired) electrons. The summed E-state index contributed by atoms with van der Waals surface area (Å²) in [5.74, 6) is -0.0352. The maximum Gasteiger partial charge on any atom is 0.253 e. The molecule has 4 heteroatoms. The molecule has 0 saturated carbocycles. The lowest BCUT2D eigenvalue weighted by atomic mass is 10.2. The predicted octanol–water partition coefficient (Wildman–Crippen LogP) is 2.06. The van der Waals surface area contributed by atoms with Crippen molar-refractivity contribution in [2.45, 2.75) is 19.8 Å². The van der Waals surface area contributed by atoms with E-state index in [4.69, 9.17) is 5.26 Å². The summed E-state index contributed by atoms with van der Waals surface area (Å²) in [5, 5.41) is 14.4. The number of hydrogen-bond acceptors (Lipinski definition) is 3. The Bertz CT molecular complexity index is 499. The van der Waals surface area contributed by atoms with Gasteiger partial charge in [0.2, 0.25) is 0 Å². The monoisotopic (exact) mass is 213 g/mol. The summed E-state index contributed by atoms with van der Waals surface area (Å²) in [4.78, 5) is 11.7. The van der Waals surface area contributed by atoms with Crippen LogP contribution in [0.3, 0.4) is 0 Å². The summed E-state index contributed by atoms with van der Waals surface area (Å²) in [5.41, 5.74) is 2.07. The van der Waals surface area contributed by atoms with Gasteiger partial charge in [-0.15, -0.1) is 0 Å². The van der Waals surface area contributed by atoms with Gasteiger partial charge in [-0.2, -0.15) is 10.4 Å². The third-order valence-electron chi connectivity index (χ3n) is 2.46. The van der Waals surface area contributed by atoms with Gasteiger partial charge in [-0.05, 0) is 24.6 Å². The smallest absolute Gasteiger partial charge is 0.253 e. The van der Waals surface area contributed by atoms with E-state index in [2.05, 4.69) is 5.10 Å². The molecule has 1 aliphatic rings. The molecule has 1 amide bonds. The molecule has 0 aromatic heterocycles. The fourth-order valence-electron chi connectivity index (χ4n) is 1.59. The van der Waals surface area contributed by atoms with E-state index in [1.165, 1.54) is 5.01 Å². The number of carbonyl (C=O) groups excluding carboxylic acids is 1. The summed E-state index contributed by atoms with van der Waals surface area (Å²) in [6, 6.07) is 8.94. The zero-order chi connectivity index (χ0) is 11.5. The molecule has 0 bridgehead atoms. The van der Waals surface area contributed by atoms with Gasteiger partial charge in [-0.25, -0.2) is 5.01 Å². The van der Waals surface area contributed by atoms with Crippen LogP contribution in [0.5, 0.6) is 0 Å². The molecule has 1 aromatic rings. The summed E-state index contributed by atoms with van der Waals surface area (Å²) < 4.78 is 0. The van der Waals surface area contributed by atoms with Crippen molar-refractivity contribution in [1.82, 2.24) is 0 Å². The van der Waals surface area contributed by atoms with E-state index in [1.54, 1.807) is 24.3 Å². The minimum absolute atomic E-state index is 0.0352. The van der Waals surface area contributed by atoms with Crippen molar-refractivity contribution in [1.29, 1.82) is 5.26 Å². The quantitative estimate of drug-likeness (QED) is 0.755. The van der Waals surface area contributed by atoms with Crippen LogP contribution in [0.2, 0.25) is 0 Å². The standard InChI is InChI=1S/C12H11N3O/c1-2-10-7-12(16)15(14-10)11-5-3-4-9(6-11)8-13/h3-6H,2,7H2,1H3. The largest absolute Gasteiger partial charge is 0.272 e. The Labute approximate surface area is 93.8 Å². The molecular weight excluding hydrogens is 202 g/mol. The van der Waals surface area contributed by atoms with Gasteiger partial charge in [0.05, 0.1) is 23.7 Å². The van der Waals surface area contributed by atoms with Crippen LogP contribution in [0, 0.1) is 11.3 Å². The molecule has 0 aliphatic carbocycles. The first kappa shape index (κ1) is 10.4.